The Kier molecular flexibility index (Phi) is 9.07. The van der Waals surface area contributed by atoms with Crippen LogP contribution in [0.25, 0.3) is 22.1 Å². The van der Waals surface area contributed by atoms with Gasteiger partial charge in [-0.25, -0.2) is 9.97 Å². The molecule has 214 valence electrons. The van der Waals surface area contributed by atoms with Gasteiger partial charge in [-0.3, -0.25) is 4.79 Å². The Morgan fingerprint density at radius 2 is 1.21 bits per heavy atom. The molecule has 0 atom stereocenters. The minimum Gasteiger partial charge on any atom is -0.495 e. The molecule has 8 nitrogen and oxygen atoms in total. The number of carbonyl (C=O) groups is 1. The highest BCUT2D eigenvalue weighted by Crippen LogP contribution is 2.25. The van der Waals surface area contributed by atoms with Gasteiger partial charge in [-0.05, 0) is 59.7 Å². The standard InChI is InChI=1S/C16H15ClN2O2.C16H13ClN2O2/c2*1-21-15-7-12-6-14(10-20)19(16(12)18-8-15)9-11-2-4-13(17)5-3-11/h2-8,20H,9-10H2,1H3;2-8,10H,9H2,1H3. The van der Waals surface area contributed by atoms with Gasteiger partial charge in [0, 0.05) is 39.6 Å². The molecule has 10 heteroatoms. The van der Waals surface area contributed by atoms with E-state index in [9.17, 15) is 9.90 Å². The van der Waals surface area contributed by atoms with Crippen LogP contribution in [0.5, 0.6) is 11.5 Å². The first kappa shape index (κ1) is 29.1. The molecule has 0 aliphatic rings. The maximum atomic E-state index is 11.3. The average Bonchev–Trinajstić information content (AvgIpc) is 3.55. The Morgan fingerprint density at radius 3 is 1.69 bits per heavy atom. The highest BCUT2D eigenvalue weighted by Gasteiger charge is 2.12. The third-order valence-electron chi connectivity index (χ3n) is 6.80. The summed E-state index contributed by atoms with van der Waals surface area (Å²) < 4.78 is 14.2. The third kappa shape index (κ3) is 6.41. The number of halogens is 2. The van der Waals surface area contributed by atoms with Gasteiger partial charge in [0.25, 0.3) is 0 Å². The molecule has 0 amide bonds. The second-order valence-electron chi connectivity index (χ2n) is 9.48. The number of aldehydes is 1. The average molecular weight is 604 g/mol. The van der Waals surface area contributed by atoms with Crippen molar-refractivity contribution >= 4 is 51.6 Å². The van der Waals surface area contributed by atoms with Crippen molar-refractivity contribution in [2.75, 3.05) is 14.2 Å². The van der Waals surface area contributed by atoms with Gasteiger partial charge in [0.1, 0.15) is 22.8 Å². The molecule has 2 aromatic carbocycles. The van der Waals surface area contributed by atoms with Crippen molar-refractivity contribution in [1.82, 2.24) is 19.1 Å². The number of ether oxygens (including phenoxy) is 2. The van der Waals surface area contributed by atoms with Crippen LogP contribution in [-0.2, 0) is 19.7 Å². The van der Waals surface area contributed by atoms with E-state index in [1.54, 1.807) is 26.6 Å². The summed E-state index contributed by atoms with van der Waals surface area (Å²) in [5, 5.41) is 12.8. The van der Waals surface area contributed by atoms with Crippen molar-refractivity contribution in [3.8, 4) is 11.5 Å². The molecule has 0 saturated heterocycles. The lowest BCUT2D eigenvalue weighted by Crippen LogP contribution is -2.05. The van der Waals surface area contributed by atoms with E-state index in [2.05, 4.69) is 9.97 Å². The first-order valence-corrected chi connectivity index (χ1v) is 13.8. The summed E-state index contributed by atoms with van der Waals surface area (Å²) >= 11 is 11.8. The zero-order valence-electron chi connectivity index (χ0n) is 23.0. The number of benzene rings is 2. The predicted octanol–water partition coefficient (Wildman–Crippen LogP) is 6.80. The lowest BCUT2D eigenvalue weighted by molar-refractivity contribution is 0.111. The molecule has 0 spiro atoms. The van der Waals surface area contributed by atoms with Crippen molar-refractivity contribution in [2.45, 2.75) is 19.7 Å². The quantitative estimate of drug-likeness (QED) is 0.193. The highest BCUT2D eigenvalue weighted by molar-refractivity contribution is 6.30. The van der Waals surface area contributed by atoms with Gasteiger partial charge in [0.15, 0.2) is 6.29 Å². The molecule has 0 saturated carbocycles. The summed E-state index contributed by atoms with van der Waals surface area (Å²) in [6, 6.07) is 22.7. The lowest BCUT2D eigenvalue weighted by Gasteiger charge is -2.09. The van der Waals surface area contributed by atoms with E-state index >= 15 is 0 Å². The van der Waals surface area contributed by atoms with Crippen molar-refractivity contribution in [3.63, 3.8) is 0 Å². The number of aliphatic hydroxyl groups is 1. The number of aliphatic hydroxyl groups excluding tert-OH is 1. The van der Waals surface area contributed by atoms with Crippen molar-refractivity contribution in [1.29, 1.82) is 0 Å². The van der Waals surface area contributed by atoms with Crippen LogP contribution < -0.4 is 9.47 Å². The predicted molar refractivity (Wildman–Crippen MR) is 165 cm³/mol. The van der Waals surface area contributed by atoms with Gasteiger partial charge >= 0.3 is 0 Å². The number of aromatic nitrogens is 4. The summed E-state index contributed by atoms with van der Waals surface area (Å²) in [5.41, 5.74) is 5.14. The Morgan fingerprint density at radius 1 is 0.738 bits per heavy atom. The normalized spacial score (nSPS) is 10.9. The fourth-order valence-electron chi connectivity index (χ4n) is 4.66. The van der Waals surface area contributed by atoms with Crippen LogP contribution in [0.3, 0.4) is 0 Å². The second-order valence-corrected chi connectivity index (χ2v) is 10.4. The van der Waals surface area contributed by atoms with E-state index < -0.39 is 0 Å². The summed E-state index contributed by atoms with van der Waals surface area (Å²) in [6.45, 7) is 1.16. The van der Waals surface area contributed by atoms with E-state index in [0.717, 1.165) is 45.2 Å². The third-order valence-corrected chi connectivity index (χ3v) is 7.30. The van der Waals surface area contributed by atoms with Gasteiger partial charge in [-0.15, -0.1) is 0 Å². The summed E-state index contributed by atoms with van der Waals surface area (Å²) in [6.07, 6.45) is 4.17. The molecular weight excluding hydrogens is 575 g/mol. The van der Waals surface area contributed by atoms with Gasteiger partial charge in [-0.2, -0.15) is 0 Å². The number of carbonyl (C=O) groups excluding carboxylic acids is 1. The fourth-order valence-corrected chi connectivity index (χ4v) is 4.92. The maximum absolute atomic E-state index is 11.3. The van der Waals surface area contributed by atoms with Crippen LogP contribution in [-0.4, -0.2) is 44.7 Å². The number of pyridine rings is 2. The van der Waals surface area contributed by atoms with Crippen LogP contribution in [0.1, 0.15) is 27.3 Å². The molecule has 4 heterocycles. The SMILES string of the molecule is COc1cnc2c(c1)cc(C=O)n2Cc1ccc(Cl)cc1.COc1cnc2c(c1)cc(CO)n2Cc1ccc(Cl)cc1. The molecule has 0 aliphatic carbocycles. The highest BCUT2D eigenvalue weighted by atomic mass is 35.5. The molecule has 42 heavy (non-hydrogen) atoms. The van der Waals surface area contributed by atoms with Crippen LogP contribution in [0.2, 0.25) is 10.0 Å². The van der Waals surface area contributed by atoms with Crippen LogP contribution in [0, 0.1) is 0 Å². The molecule has 0 unspecified atom stereocenters. The largest absolute Gasteiger partial charge is 0.495 e. The van der Waals surface area contributed by atoms with Crippen LogP contribution in [0.4, 0.5) is 0 Å². The topological polar surface area (TPSA) is 91.4 Å². The van der Waals surface area contributed by atoms with Crippen molar-refractivity contribution < 1.29 is 19.4 Å². The number of hydrogen-bond donors (Lipinski definition) is 1. The van der Waals surface area contributed by atoms with Gasteiger partial charge in [-0.1, -0.05) is 47.5 Å². The molecule has 6 aromatic rings. The van der Waals surface area contributed by atoms with Crippen LogP contribution in [0.15, 0.2) is 85.2 Å². The Balaban J connectivity index is 0.000000168. The van der Waals surface area contributed by atoms with Crippen molar-refractivity contribution in [3.05, 3.63) is 118 Å². The first-order chi connectivity index (χ1) is 20.4. The van der Waals surface area contributed by atoms with Crippen molar-refractivity contribution in [2.24, 2.45) is 0 Å². The lowest BCUT2D eigenvalue weighted by atomic mass is 10.2. The summed E-state index contributed by atoms with van der Waals surface area (Å²) in [4.78, 5) is 20.1. The fraction of sp³-hybridized carbons (Fsp3) is 0.156. The van der Waals surface area contributed by atoms with Gasteiger partial charge < -0.3 is 23.7 Å². The van der Waals surface area contributed by atoms with E-state index in [1.807, 2.05) is 81.9 Å². The number of fused-ring (bicyclic) bond motifs is 2. The Bertz CT molecular complexity index is 1830. The molecule has 4 aromatic heterocycles. The van der Waals surface area contributed by atoms with Gasteiger partial charge in [0.05, 0.1) is 38.9 Å². The smallest absolute Gasteiger partial charge is 0.166 e. The molecule has 6 rings (SSSR count). The number of methoxy groups -OCH3 is 2. The van der Waals surface area contributed by atoms with E-state index in [1.165, 1.54) is 0 Å². The summed E-state index contributed by atoms with van der Waals surface area (Å²) in [5.74, 6) is 1.37. The van der Waals surface area contributed by atoms with E-state index in [0.29, 0.717) is 40.3 Å². The minimum atomic E-state index is -0.0355. The second kappa shape index (κ2) is 13.1. The zero-order valence-corrected chi connectivity index (χ0v) is 24.5. The number of rotatable bonds is 8. The maximum Gasteiger partial charge on any atom is 0.166 e. The molecule has 0 fully saturated rings. The zero-order chi connectivity index (χ0) is 29.6. The number of nitrogens with zero attached hydrogens (tertiary/aromatic N) is 4. The van der Waals surface area contributed by atoms with E-state index in [4.69, 9.17) is 32.7 Å². The molecule has 1 N–H and O–H groups in total. The molecule has 0 aliphatic heterocycles. The first-order valence-electron chi connectivity index (χ1n) is 13.0. The number of hydrogen-bond acceptors (Lipinski definition) is 6. The molecule has 0 bridgehead atoms. The molecule has 0 radical (unpaired) electrons. The molecular formula is C32H28Cl2N4O4. The Hall–Kier alpha value is -4.37. The van der Waals surface area contributed by atoms with Gasteiger partial charge in [0.2, 0.25) is 0 Å². The monoisotopic (exact) mass is 602 g/mol. The Labute approximate surface area is 252 Å². The van der Waals surface area contributed by atoms with E-state index in [-0.39, 0.29) is 6.61 Å². The summed E-state index contributed by atoms with van der Waals surface area (Å²) in [7, 11) is 3.20. The minimum absolute atomic E-state index is 0.0355. The van der Waals surface area contributed by atoms with Crippen LogP contribution >= 0.6 is 23.2 Å².